The van der Waals surface area contributed by atoms with Crippen LogP contribution >= 0.6 is 11.6 Å². The molecule has 0 aliphatic rings. The van der Waals surface area contributed by atoms with Gasteiger partial charge in [0, 0.05) is 7.05 Å². The van der Waals surface area contributed by atoms with E-state index in [2.05, 4.69) is 17.2 Å². The van der Waals surface area contributed by atoms with Gasteiger partial charge in [-0.1, -0.05) is 17.7 Å². The van der Waals surface area contributed by atoms with Gasteiger partial charge in [-0.3, -0.25) is 0 Å². The predicted molar refractivity (Wildman–Crippen MR) is 63.2 cm³/mol. The molecule has 4 heteroatoms. The molecule has 1 aromatic carbocycles. The molecular formula is C11H14ClN3. The lowest BCUT2D eigenvalue weighted by atomic mass is 10.3. The van der Waals surface area contributed by atoms with Gasteiger partial charge < -0.3 is 9.88 Å². The van der Waals surface area contributed by atoms with E-state index in [1.807, 2.05) is 36.9 Å². The van der Waals surface area contributed by atoms with Crippen molar-refractivity contribution in [2.24, 2.45) is 7.05 Å². The molecule has 1 atom stereocenters. The van der Waals surface area contributed by atoms with E-state index in [9.17, 15) is 0 Å². The van der Waals surface area contributed by atoms with E-state index in [0.29, 0.717) is 0 Å². The lowest BCUT2D eigenvalue weighted by Gasteiger charge is -2.09. The monoisotopic (exact) mass is 223 g/mol. The normalized spacial score (nSPS) is 13.3. The average Bonchev–Trinajstić information content (AvgIpc) is 2.56. The van der Waals surface area contributed by atoms with Crippen LogP contribution in [0.15, 0.2) is 18.2 Å². The van der Waals surface area contributed by atoms with Gasteiger partial charge in [-0.05, 0) is 26.1 Å². The molecule has 3 nitrogen and oxygen atoms in total. The van der Waals surface area contributed by atoms with Crippen LogP contribution in [0.5, 0.6) is 0 Å². The van der Waals surface area contributed by atoms with E-state index in [0.717, 1.165) is 21.9 Å². The summed E-state index contributed by atoms with van der Waals surface area (Å²) < 4.78 is 2.04. The molecule has 2 rings (SSSR count). The van der Waals surface area contributed by atoms with Crippen molar-refractivity contribution in [3.05, 3.63) is 29.0 Å². The molecule has 0 aliphatic heterocycles. The van der Waals surface area contributed by atoms with Crippen molar-refractivity contribution in [3.8, 4) is 0 Å². The minimum atomic E-state index is 0.221. The van der Waals surface area contributed by atoms with Crippen LogP contribution in [0.3, 0.4) is 0 Å². The fraction of sp³-hybridized carbons (Fsp3) is 0.364. The minimum Gasteiger partial charge on any atom is -0.329 e. The van der Waals surface area contributed by atoms with E-state index in [1.54, 1.807) is 0 Å². The number of nitrogens with zero attached hydrogens (tertiary/aromatic N) is 2. The third-order valence-electron chi connectivity index (χ3n) is 2.70. The Morgan fingerprint density at radius 3 is 2.80 bits per heavy atom. The number of nitrogens with one attached hydrogen (secondary N) is 1. The van der Waals surface area contributed by atoms with Gasteiger partial charge >= 0.3 is 0 Å². The molecule has 2 aromatic rings. The van der Waals surface area contributed by atoms with Gasteiger partial charge in [0.1, 0.15) is 5.82 Å². The highest BCUT2D eigenvalue weighted by atomic mass is 35.5. The smallest absolute Gasteiger partial charge is 0.126 e. The summed E-state index contributed by atoms with van der Waals surface area (Å²) in [6, 6.07) is 6.01. The number of hydrogen-bond donors (Lipinski definition) is 1. The van der Waals surface area contributed by atoms with E-state index < -0.39 is 0 Å². The zero-order chi connectivity index (χ0) is 11.0. The first kappa shape index (κ1) is 10.5. The maximum absolute atomic E-state index is 6.14. The van der Waals surface area contributed by atoms with E-state index in [1.165, 1.54) is 0 Å². The van der Waals surface area contributed by atoms with E-state index in [-0.39, 0.29) is 6.04 Å². The van der Waals surface area contributed by atoms with Gasteiger partial charge in [-0.2, -0.15) is 0 Å². The molecule has 0 spiro atoms. The second kappa shape index (κ2) is 3.83. The van der Waals surface area contributed by atoms with Crippen LogP contribution in [0.2, 0.25) is 5.02 Å². The van der Waals surface area contributed by atoms with Crippen molar-refractivity contribution < 1.29 is 0 Å². The van der Waals surface area contributed by atoms with Crippen LogP contribution in [0.1, 0.15) is 18.8 Å². The van der Waals surface area contributed by atoms with Gasteiger partial charge in [0.15, 0.2) is 0 Å². The van der Waals surface area contributed by atoms with Crippen molar-refractivity contribution in [1.82, 2.24) is 14.9 Å². The SMILES string of the molecule is CNC(C)c1nc2cccc(Cl)c2n1C. The number of aryl methyl sites for hydroxylation is 1. The average molecular weight is 224 g/mol. The topological polar surface area (TPSA) is 29.9 Å². The summed E-state index contributed by atoms with van der Waals surface area (Å²) in [5.74, 6) is 1.00. The summed E-state index contributed by atoms with van der Waals surface area (Å²) in [7, 11) is 3.91. The third-order valence-corrected chi connectivity index (χ3v) is 3.00. The predicted octanol–water partition coefficient (Wildman–Crippen LogP) is 2.51. The Morgan fingerprint density at radius 1 is 1.47 bits per heavy atom. The number of rotatable bonds is 2. The van der Waals surface area contributed by atoms with Gasteiger partial charge in [0.2, 0.25) is 0 Å². The van der Waals surface area contributed by atoms with Crippen molar-refractivity contribution in [2.75, 3.05) is 7.05 Å². The number of benzene rings is 1. The van der Waals surface area contributed by atoms with Crippen LogP contribution in [0.4, 0.5) is 0 Å². The number of para-hydroxylation sites is 1. The Bertz CT molecular complexity index is 490. The summed E-state index contributed by atoms with van der Waals surface area (Å²) >= 11 is 6.14. The Balaban J connectivity index is 2.70. The number of imidazole rings is 1. The summed E-state index contributed by atoms with van der Waals surface area (Å²) in [6.45, 7) is 2.08. The van der Waals surface area contributed by atoms with Crippen LogP contribution in [0, 0.1) is 0 Å². The molecule has 1 N–H and O–H groups in total. The standard InChI is InChI=1S/C11H14ClN3/c1-7(13-2)11-14-9-6-4-5-8(12)10(9)15(11)3/h4-7,13H,1-3H3. The summed E-state index contributed by atoms with van der Waals surface area (Å²) in [5.41, 5.74) is 1.94. The maximum Gasteiger partial charge on any atom is 0.126 e. The quantitative estimate of drug-likeness (QED) is 0.848. The molecule has 0 aliphatic carbocycles. The number of fused-ring (bicyclic) bond motifs is 1. The van der Waals surface area contributed by atoms with E-state index >= 15 is 0 Å². The van der Waals surface area contributed by atoms with Crippen LogP contribution < -0.4 is 5.32 Å². The maximum atomic E-state index is 6.14. The van der Waals surface area contributed by atoms with Gasteiger partial charge in [-0.15, -0.1) is 0 Å². The first-order valence-electron chi connectivity index (χ1n) is 4.93. The molecule has 0 bridgehead atoms. The molecule has 0 amide bonds. The van der Waals surface area contributed by atoms with Crippen molar-refractivity contribution >= 4 is 22.6 Å². The minimum absolute atomic E-state index is 0.221. The fourth-order valence-corrected chi connectivity index (χ4v) is 2.05. The molecule has 0 saturated carbocycles. The molecule has 0 radical (unpaired) electrons. The summed E-state index contributed by atoms with van der Waals surface area (Å²) in [4.78, 5) is 4.56. The second-order valence-corrected chi connectivity index (χ2v) is 4.05. The molecular weight excluding hydrogens is 210 g/mol. The van der Waals surface area contributed by atoms with Gasteiger partial charge in [-0.25, -0.2) is 4.98 Å². The van der Waals surface area contributed by atoms with Crippen molar-refractivity contribution in [1.29, 1.82) is 0 Å². The fourth-order valence-electron chi connectivity index (χ4n) is 1.76. The highest BCUT2D eigenvalue weighted by molar-refractivity contribution is 6.35. The molecule has 15 heavy (non-hydrogen) atoms. The molecule has 1 heterocycles. The first-order valence-corrected chi connectivity index (χ1v) is 5.31. The zero-order valence-electron chi connectivity index (χ0n) is 9.08. The summed E-state index contributed by atoms with van der Waals surface area (Å²) in [6.07, 6.45) is 0. The third kappa shape index (κ3) is 1.62. The highest BCUT2D eigenvalue weighted by Gasteiger charge is 2.14. The lowest BCUT2D eigenvalue weighted by molar-refractivity contribution is 0.590. The largest absolute Gasteiger partial charge is 0.329 e. The Kier molecular flexibility index (Phi) is 2.67. The van der Waals surface area contributed by atoms with Crippen molar-refractivity contribution in [3.63, 3.8) is 0 Å². The van der Waals surface area contributed by atoms with Crippen LogP contribution in [0.25, 0.3) is 11.0 Å². The van der Waals surface area contributed by atoms with Crippen LogP contribution in [-0.4, -0.2) is 16.6 Å². The van der Waals surface area contributed by atoms with Gasteiger partial charge in [0.05, 0.1) is 22.1 Å². The molecule has 1 aromatic heterocycles. The highest BCUT2D eigenvalue weighted by Crippen LogP contribution is 2.25. The zero-order valence-corrected chi connectivity index (χ0v) is 9.84. The molecule has 0 fully saturated rings. The van der Waals surface area contributed by atoms with Gasteiger partial charge in [0.25, 0.3) is 0 Å². The number of halogens is 1. The molecule has 80 valence electrons. The Morgan fingerprint density at radius 2 is 2.20 bits per heavy atom. The Hall–Kier alpha value is -1.06. The van der Waals surface area contributed by atoms with Crippen LogP contribution in [-0.2, 0) is 7.05 Å². The van der Waals surface area contributed by atoms with Crippen molar-refractivity contribution in [2.45, 2.75) is 13.0 Å². The Labute approximate surface area is 94.1 Å². The summed E-state index contributed by atoms with van der Waals surface area (Å²) in [5, 5.41) is 3.92. The first-order chi connectivity index (χ1) is 7.15. The lowest BCUT2D eigenvalue weighted by Crippen LogP contribution is -2.16. The number of hydrogen-bond acceptors (Lipinski definition) is 2. The van der Waals surface area contributed by atoms with E-state index in [4.69, 9.17) is 11.6 Å². The molecule has 0 saturated heterocycles. The second-order valence-electron chi connectivity index (χ2n) is 3.65. The molecule has 1 unspecified atom stereocenters. The number of aromatic nitrogens is 2.